The molecule has 4 aromatic heterocycles. The van der Waals surface area contributed by atoms with E-state index in [1.807, 2.05) is 44.6 Å². The van der Waals surface area contributed by atoms with Gasteiger partial charge in [-0.05, 0) is 37.1 Å². The molecule has 0 unspecified atom stereocenters. The van der Waals surface area contributed by atoms with Crippen molar-refractivity contribution in [3.63, 3.8) is 0 Å². The van der Waals surface area contributed by atoms with Crippen molar-refractivity contribution < 1.29 is 5.11 Å². The fourth-order valence-electron chi connectivity index (χ4n) is 3.03. The Morgan fingerprint density at radius 1 is 1.17 bits per heavy atom. The van der Waals surface area contributed by atoms with Crippen molar-refractivity contribution in [2.45, 2.75) is 26.4 Å². The first-order valence-electron chi connectivity index (χ1n) is 8.04. The van der Waals surface area contributed by atoms with Crippen LogP contribution in [0.15, 0.2) is 43.0 Å². The van der Waals surface area contributed by atoms with Crippen LogP contribution in [-0.2, 0) is 0 Å². The van der Waals surface area contributed by atoms with Crippen LogP contribution in [0, 0.1) is 6.92 Å². The summed E-state index contributed by atoms with van der Waals surface area (Å²) in [5.41, 5.74) is 5.68. The van der Waals surface area contributed by atoms with Gasteiger partial charge in [0.05, 0.1) is 17.3 Å². The summed E-state index contributed by atoms with van der Waals surface area (Å²) in [6.45, 7) is 3.98. The van der Waals surface area contributed by atoms with Crippen molar-refractivity contribution in [2.24, 2.45) is 0 Å². The summed E-state index contributed by atoms with van der Waals surface area (Å²) in [5.74, 6) is 0. The molecule has 0 bridgehead atoms. The van der Waals surface area contributed by atoms with E-state index in [4.69, 9.17) is 0 Å². The van der Waals surface area contributed by atoms with Crippen LogP contribution in [0.2, 0.25) is 0 Å². The van der Waals surface area contributed by atoms with E-state index in [1.54, 1.807) is 6.20 Å². The van der Waals surface area contributed by atoms with E-state index in [1.165, 1.54) is 0 Å². The van der Waals surface area contributed by atoms with E-state index in [0.29, 0.717) is 6.42 Å². The SMILES string of the molecule is CC[C@@H](O)c1cc(C)c(-c2c[nH]c3c(cnc4nccc43)c2)cn1. The Morgan fingerprint density at radius 2 is 2.04 bits per heavy atom. The molecule has 5 nitrogen and oxygen atoms in total. The van der Waals surface area contributed by atoms with Crippen molar-refractivity contribution >= 4 is 21.9 Å². The fraction of sp³-hybridized carbons (Fsp3) is 0.211. The highest BCUT2D eigenvalue weighted by Gasteiger charge is 2.11. The molecule has 0 spiro atoms. The standard InChI is InChI=1S/C19H18N4O/c1-3-17(24)16-6-11(2)15(10-21-16)12-7-13-9-23-19-14(4-5-20-19)18(13)22-8-12/h4-10,17,22,24H,3H2,1-2H3/t17-/m1/s1. The van der Waals surface area contributed by atoms with Crippen LogP contribution in [0.3, 0.4) is 0 Å². The van der Waals surface area contributed by atoms with E-state index in [2.05, 4.69) is 26.0 Å². The van der Waals surface area contributed by atoms with Crippen LogP contribution in [-0.4, -0.2) is 25.0 Å². The lowest BCUT2D eigenvalue weighted by Crippen LogP contribution is -2.00. The fourth-order valence-corrected chi connectivity index (χ4v) is 3.03. The maximum atomic E-state index is 9.95. The molecule has 120 valence electrons. The number of aromatic nitrogens is 4. The largest absolute Gasteiger partial charge is 0.387 e. The van der Waals surface area contributed by atoms with E-state index in [9.17, 15) is 5.11 Å². The smallest absolute Gasteiger partial charge is 0.161 e. The van der Waals surface area contributed by atoms with Crippen molar-refractivity contribution in [3.05, 3.63) is 54.2 Å². The normalized spacial score (nSPS) is 12.8. The number of aliphatic hydroxyl groups is 1. The number of hydrogen-bond acceptors (Lipinski definition) is 4. The van der Waals surface area contributed by atoms with Gasteiger partial charge in [0, 0.05) is 46.7 Å². The Bertz CT molecular complexity index is 1040. The Hall–Kier alpha value is -2.79. The number of nitrogens with one attached hydrogen (secondary N) is 1. The summed E-state index contributed by atoms with van der Waals surface area (Å²) < 4.78 is 0. The first-order chi connectivity index (χ1) is 11.7. The predicted molar refractivity (Wildman–Crippen MR) is 94.6 cm³/mol. The van der Waals surface area contributed by atoms with E-state index in [-0.39, 0.29) is 0 Å². The molecule has 0 saturated carbocycles. The molecule has 0 aliphatic heterocycles. The zero-order chi connectivity index (χ0) is 16.7. The minimum absolute atomic E-state index is 0.511. The number of aromatic amines is 1. The lowest BCUT2D eigenvalue weighted by atomic mass is 10.0. The first-order valence-corrected chi connectivity index (χ1v) is 8.04. The Balaban J connectivity index is 1.83. The van der Waals surface area contributed by atoms with Gasteiger partial charge in [0.1, 0.15) is 0 Å². The van der Waals surface area contributed by atoms with Crippen LogP contribution >= 0.6 is 0 Å². The van der Waals surface area contributed by atoms with Gasteiger partial charge in [-0.1, -0.05) is 6.92 Å². The van der Waals surface area contributed by atoms with Crippen molar-refractivity contribution in [3.8, 4) is 11.1 Å². The molecular formula is C19H18N4O. The second kappa shape index (κ2) is 5.69. The highest BCUT2D eigenvalue weighted by atomic mass is 16.3. The first kappa shape index (κ1) is 14.8. The zero-order valence-electron chi connectivity index (χ0n) is 13.6. The molecular weight excluding hydrogens is 300 g/mol. The molecule has 4 rings (SSSR count). The molecule has 0 aliphatic rings. The van der Waals surface area contributed by atoms with Crippen LogP contribution < -0.4 is 0 Å². The lowest BCUT2D eigenvalue weighted by Gasteiger charge is -2.12. The summed E-state index contributed by atoms with van der Waals surface area (Å²) in [6.07, 6.45) is 7.56. The summed E-state index contributed by atoms with van der Waals surface area (Å²) >= 11 is 0. The molecule has 4 aromatic rings. The molecule has 5 heteroatoms. The van der Waals surface area contributed by atoms with E-state index < -0.39 is 6.10 Å². The van der Waals surface area contributed by atoms with Crippen LogP contribution in [0.25, 0.3) is 33.1 Å². The monoisotopic (exact) mass is 318 g/mol. The third kappa shape index (κ3) is 2.34. The Labute approximate surface area is 139 Å². The number of nitrogens with zero attached hydrogens (tertiary/aromatic N) is 3. The number of H-pyrrole nitrogens is 1. The number of rotatable bonds is 3. The summed E-state index contributed by atoms with van der Waals surface area (Å²) in [6, 6.07) is 6.02. The molecule has 24 heavy (non-hydrogen) atoms. The zero-order valence-corrected chi connectivity index (χ0v) is 13.6. The van der Waals surface area contributed by atoms with Crippen molar-refractivity contribution in [1.29, 1.82) is 0 Å². The average Bonchev–Trinajstić information content (AvgIpc) is 3.09. The van der Waals surface area contributed by atoms with Gasteiger partial charge in [-0.2, -0.15) is 0 Å². The molecule has 2 N–H and O–H groups in total. The molecule has 0 saturated heterocycles. The second-order valence-corrected chi connectivity index (χ2v) is 6.01. The number of fused-ring (bicyclic) bond motifs is 3. The Kier molecular flexibility index (Phi) is 3.50. The van der Waals surface area contributed by atoms with Gasteiger partial charge in [-0.15, -0.1) is 0 Å². The van der Waals surface area contributed by atoms with E-state index in [0.717, 1.165) is 44.3 Å². The van der Waals surface area contributed by atoms with Crippen molar-refractivity contribution in [1.82, 2.24) is 19.9 Å². The number of aliphatic hydroxyl groups excluding tert-OH is 1. The minimum Gasteiger partial charge on any atom is -0.387 e. The molecule has 4 heterocycles. The molecule has 0 aliphatic carbocycles. The molecule has 0 fully saturated rings. The summed E-state index contributed by atoms with van der Waals surface area (Å²) in [5, 5.41) is 12.0. The quantitative estimate of drug-likeness (QED) is 0.600. The van der Waals surface area contributed by atoms with Crippen LogP contribution in [0.4, 0.5) is 0 Å². The van der Waals surface area contributed by atoms with Gasteiger partial charge in [-0.3, -0.25) is 4.98 Å². The maximum Gasteiger partial charge on any atom is 0.161 e. The highest BCUT2D eigenvalue weighted by molar-refractivity contribution is 6.02. The summed E-state index contributed by atoms with van der Waals surface area (Å²) in [4.78, 5) is 16.4. The number of aryl methyl sites for hydroxylation is 1. The number of hydrogen-bond donors (Lipinski definition) is 2. The van der Waals surface area contributed by atoms with Crippen LogP contribution in [0.1, 0.15) is 30.7 Å². The van der Waals surface area contributed by atoms with Crippen LogP contribution in [0.5, 0.6) is 0 Å². The predicted octanol–water partition coefficient (Wildman–Crippen LogP) is 3.92. The molecule has 0 radical (unpaired) electrons. The van der Waals surface area contributed by atoms with Crippen molar-refractivity contribution in [2.75, 3.05) is 0 Å². The molecule has 0 aromatic carbocycles. The average molecular weight is 318 g/mol. The highest BCUT2D eigenvalue weighted by Crippen LogP contribution is 2.29. The third-order valence-electron chi connectivity index (χ3n) is 4.42. The maximum absolute atomic E-state index is 9.95. The van der Waals surface area contributed by atoms with Gasteiger partial charge in [-0.25, -0.2) is 9.97 Å². The number of pyridine rings is 3. The second-order valence-electron chi connectivity index (χ2n) is 6.01. The lowest BCUT2D eigenvalue weighted by molar-refractivity contribution is 0.169. The van der Waals surface area contributed by atoms with Gasteiger partial charge in [0.2, 0.25) is 0 Å². The van der Waals surface area contributed by atoms with Gasteiger partial charge in [0.25, 0.3) is 0 Å². The van der Waals surface area contributed by atoms with E-state index >= 15 is 0 Å². The molecule has 1 atom stereocenters. The Morgan fingerprint density at radius 3 is 2.83 bits per heavy atom. The topological polar surface area (TPSA) is 74.7 Å². The molecule has 0 amide bonds. The summed E-state index contributed by atoms with van der Waals surface area (Å²) in [7, 11) is 0. The van der Waals surface area contributed by atoms with Gasteiger partial charge < -0.3 is 10.1 Å². The van der Waals surface area contributed by atoms with Gasteiger partial charge >= 0.3 is 0 Å². The third-order valence-corrected chi connectivity index (χ3v) is 4.42. The van der Waals surface area contributed by atoms with Gasteiger partial charge in [0.15, 0.2) is 5.65 Å². The minimum atomic E-state index is -0.511.